The summed E-state index contributed by atoms with van der Waals surface area (Å²) < 4.78 is 45.6. The van der Waals surface area contributed by atoms with Crippen LogP contribution in [0.5, 0.6) is 0 Å². The predicted molar refractivity (Wildman–Crippen MR) is 147 cm³/mol. The van der Waals surface area contributed by atoms with Gasteiger partial charge in [-0.15, -0.1) is 6.58 Å². The summed E-state index contributed by atoms with van der Waals surface area (Å²) in [7, 11) is 0. The van der Waals surface area contributed by atoms with Gasteiger partial charge in [-0.3, -0.25) is 19.2 Å². The number of hydrogen-bond acceptors (Lipinski definition) is 6. The molecule has 1 aliphatic heterocycles. The number of ketones is 1. The normalized spacial score (nSPS) is 25.0. The lowest BCUT2D eigenvalue weighted by atomic mass is 9.83. The van der Waals surface area contributed by atoms with Crippen LogP contribution in [0.3, 0.4) is 0 Å². The van der Waals surface area contributed by atoms with Gasteiger partial charge in [0.2, 0.25) is 17.6 Å². The number of nitrogens with zero attached hydrogens (tertiary/aromatic N) is 1. The molecule has 3 N–H and O–H groups in total. The van der Waals surface area contributed by atoms with E-state index in [-0.39, 0.29) is 36.3 Å². The van der Waals surface area contributed by atoms with E-state index in [1.165, 1.54) is 11.0 Å². The molecule has 0 aromatic rings. The fourth-order valence-electron chi connectivity index (χ4n) is 6.38. The summed E-state index contributed by atoms with van der Waals surface area (Å²) in [6.45, 7) is 12.3. The van der Waals surface area contributed by atoms with Crippen molar-refractivity contribution in [3.63, 3.8) is 0 Å². The van der Waals surface area contributed by atoms with E-state index in [1.807, 2.05) is 13.8 Å². The molecule has 3 fully saturated rings. The van der Waals surface area contributed by atoms with Crippen LogP contribution in [0.4, 0.5) is 18.0 Å². The van der Waals surface area contributed by atoms with Gasteiger partial charge in [-0.2, -0.15) is 13.2 Å². The minimum atomic E-state index is -4.86. The van der Waals surface area contributed by atoms with Crippen molar-refractivity contribution in [2.45, 2.75) is 103 Å². The Morgan fingerprint density at radius 1 is 1.05 bits per heavy atom. The highest BCUT2D eigenvalue weighted by molar-refractivity contribution is 6.38. The zero-order valence-electron chi connectivity index (χ0n) is 24.9. The number of nitrogens with one attached hydrogen (secondary N) is 3. The maximum absolute atomic E-state index is 14.1. The Morgan fingerprint density at radius 2 is 1.67 bits per heavy atom. The van der Waals surface area contributed by atoms with Gasteiger partial charge in [0, 0.05) is 13.1 Å². The topological polar surface area (TPSA) is 134 Å². The maximum Gasteiger partial charge on any atom is 0.408 e. The molecule has 0 aromatic carbocycles. The summed E-state index contributed by atoms with van der Waals surface area (Å²) in [6.07, 6.45) is -2.05. The number of rotatable bonds is 10. The molecule has 2 aliphatic carbocycles. The first kappa shape index (κ1) is 33.4. The Balaban J connectivity index is 1.88. The Kier molecular flexibility index (Phi) is 10.0. The molecule has 4 amide bonds. The first-order valence-electron chi connectivity index (χ1n) is 14.5. The van der Waals surface area contributed by atoms with Crippen LogP contribution in [-0.2, 0) is 23.9 Å². The number of alkyl carbamates (subject to hydrolysis) is 1. The highest BCUT2D eigenvalue weighted by Gasteiger charge is 2.70. The van der Waals surface area contributed by atoms with E-state index in [2.05, 4.69) is 22.5 Å². The van der Waals surface area contributed by atoms with Crippen molar-refractivity contribution in [1.29, 1.82) is 0 Å². The lowest BCUT2D eigenvalue weighted by Gasteiger charge is -2.37. The van der Waals surface area contributed by atoms with Crippen molar-refractivity contribution in [1.82, 2.24) is 20.9 Å². The van der Waals surface area contributed by atoms with Gasteiger partial charge in [0.05, 0.1) is 6.42 Å². The van der Waals surface area contributed by atoms with E-state index in [4.69, 9.17) is 4.74 Å². The van der Waals surface area contributed by atoms with Gasteiger partial charge < -0.3 is 25.6 Å². The fourth-order valence-corrected chi connectivity index (χ4v) is 6.38. The van der Waals surface area contributed by atoms with Gasteiger partial charge in [0.25, 0.3) is 5.91 Å². The van der Waals surface area contributed by atoms with Gasteiger partial charge in [0.1, 0.15) is 23.7 Å². The summed E-state index contributed by atoms with van der Waals surface area (Å²) in [5.41, 5.74) is -1.19. The molecule has 13 heteroatoms. The van der Waals surface area contributed by atoms with Crippen LogP contribution in [0, 0.1) is 23.2 Å². The molecule has 0 spiro atoms. The van der Waals surface area contributed by atoms with Crippen molar-refractivity contribution in [3.05, 3.63) is 12.7 Å². The Bertz CT molecular complexity index is 1080. The van der Waals surface area contributed by atoms with Crippen molar-refractivity contribution in [2.75, 3.05) is 13.1 Å². The Morgan fingerprint density at radius 3 is 2.21 bits per heavy atom. The number of amides is 4. The van der Waals surface area contributed by atoms with Gasteiger partial charge >= 0.3 is 12.3 Å². The molecule has 0 aromatic heterocycles. The molecule has 42 heavy (non-hydrogen) atoms. The van der Waals surface area contributed by atoms with Crippen LogP contribution < -0.4 is 16.0 Å². The average molecular weight is 601 g/mol. The number of carbonyl (C=O) groups is 5. The standard InChI is InChI=1S/C29H43F3N4O6/c1-7-13-33-24(39)22(37)18(14-29(30,31)32)34-23(38)21-19-17(28(19,5)6)15-36(21)25(40)20(16-11-9-8-10-12-16)35-26(41)42-27(2,3)4/h7,16-21H,1,8-15H2,2-6H3,(H,33,39)(H,34,38)(H,35,41)/t17?,18?,19?,20-,21-/m0/s1. The number of carbonyl (C=O) groups excluding carboxylic acids is 5. The van der Waals surface area contributed by atoms with E-state index in [0.29, 0.717) is 12.8 Å². The van der Waals surface area contributed by atoms with Crippen molar-refractivity contribution in [3.8, 4) is 0 Å². The minimum absolute atomic E-state index is 0.0987. The molecule has 1 saturated heterocycles. The first-order valence-corrected chi connectivity index (χ1v) is 14.5. The summed E-state index contributed by atoms with van der Waals surface area (Å²) in [4.78, 5) is 66.6. The SMILES string of the molecule is C=CCNC(=O)C(=O)C(CC(F)(F)F)NC(=O)[C@@H]1C2C(CN1C(=O)[C@@H](NC(=O)OC(C)(C)C)C1CCCCC1)C2(C)C. The van der Waals surface area contributed by atoms with Crippen LogP contribution in [0.15, 0.2) is 12.7 Å². The van der Waals surface area contributed by atoms with E-state index < -0.39 is 65.9 Å². The van der Waals surface area contributed by atoms with Crippen LogP contribution in [0.25, 0.3) is 0 Å². The van der Waals surface area contributed by atoms with Gasteiger partial charge in [0.15, 0.2) is 0 Å². The quantitative estimate of drug-likeness (QED) is 0.261. The van der Waals surface area contributed by atoms with Crippen LogP contribution in [-0.4, -0.2) is 77.5 Å². The number of alkyl halides is 3. The van der Waals surface area contributed by atoms with Crippen molar-refractivity contribution < 1.29 is 41.9 Å². The smallest absolute Gasteiger partial charge is 0.408 e. The molecular weight excluding hydrogens is 557 g/mol. The van der Waals surface area contributed by atoms with E-state index >= 15 is 0 Å². The van der Waals surface area contributed by atoms with Gasteiger partial charge in [-0.25, -0.2) is 4.79 Å². The molecule has 5 atom stereocenters. The maximum atomic E-state index is 14.1. The highest BCUT2D eigenvalue weighted by Crippen LogP contribution is 2.65. The molecule has 3 rings (SSSR count). The van der Waals surface area contributed by atoms with E-state index in [1.54, 1.807) is 20.8 Å². The molecule has 3 unspecified atom stereocenters. The zero-order chi connectivity index (χ0) is 31.6. The van der Waals surface area contributed by atoms with Gasteiger partial charge in [-0.1, -0.05) is 39.2 Å². The number of Topliss-reactive ketones (excluding diaryl/α,β-unsaturated/α-hetero) is 1. The molecule has 0 radical (unpaired) electrons. The number of likely N-dealkylation sites (tertiary alicyclic amines) is 1. The first-order chi connectivity index (χ1) is 19.4. The number of ether oxygens (including phenoxy) is 1. The third-order valence-corrected chi connectivity index (χ3v) is 8.52. The van der Waals surface area contributed by atoms with Crippen LogP contribution in [0.1, 0.15) is 73.1 Å². The third-order valence-electron chi connectivity index (χ3n) is 8.52. The molecule has 236 valence electrons. The average Bonchev–Trinajstić information content (AvgIpc) is 3.21. The fraction of sp³-hybridized carbons (Fsp3) is 0.759. The van der Waals surface area contributed by atoms with Crippen LogP contribution >= 0.6 is 0 Å². The van der Waals surface area contributed by atoms with Gasteiger partial charge in [-0.05, 0) is 56.8 Å². The molecule has 0 bridgehead atoms. The third kappa shape index (κ3) is 8.03. The number of hydrogen-bond donors (Lipinski definition) is 3. The second-order valence-corrected chi connectivity index (χ2v) is 13.2. The summed E-state index contributed by atoms with van der Waals surface area (Å²) in [5, 5.41) is 6.99. The number of fused-ring (bicyclic) bond motifs is 1. The molecule has 2 saturated carbocycles. The van der Waals surface area contributed by atoms with Crippen molar-refractivity contribution in [2.24, 2.45) is 23.2 Å². The van der Waals surface area contributed by atoms with Crippen LogP contribution in [0.2, 0.25) is 0 Å². The largest absolute Gasteiger partial charge is 0.444 e. The summed E-state index contributed by atoms with van der Waals surface area (Å²) in [5.74, 6) is -4.87. The lowest BCUT2D eigenvalue weighted by molar-refractivity contribution is -0.155. The second kappa shape index (κ2) is 12.6. The van der Waals surface area contributed by atoms with E-state index in [0.717, 1.165) is 19.3 Å². The number of piperidine rings is 1. The molecule has 3 aliphatic rings. The Labute approximate surface area is 244 Å². The zero-order valence-corrected chi connectivity index (χ0v) is 24.9. The number of halogens is 3. The van der Waals surface area contributed by atoms with E-state index in [9.17, 15) is 37.1 Å². The monoisotopic (exact) mass is 600 g/mol. The molecule has 1 heterocycles. The second-order valence-electron chi connectivity index (χ2n) is 13.2. The summed E-state index contributed by atoms with van der Waals surface area (Å²) in [6, 6.07) is -4.34. The molecule has 10 nitrogen and oxygen atoms in total. The Hall–Kier alpha value is -3.12. The van der Waals surface area contributed by atoms with Crippen molar-refractivity contribution >= 4 is 29.6 Å². The summed E-state index contributed by atoms with van der Waals surface area (Å²) >= 11 is 0. The molecular formula is C29H43F3N4O6. The highest BCUT2D eigenvalue weighted by atomic mass is 19.4. The minimum Gasteiger partial charge on any atom is -0.444 e. The lowest BCUT2D eigenvalue weighted by Crippen LogP contribution is -2.60. The predicted octanol–water partition coefficient (Wildman–Crippen LogP) is 3.25.